The number of aromatic nitrogens is 1. The lowest BCUT2D eigenvalue weighted by Crippen LogP contribution is -2.41. The second kappa shape index (κ2) is 5.34. The van der Waals surface area contributed by atoms with Gasteiger partial charge in [0.05, 0.1) is 6.10 Å². The number of pyridine rings is 1. The van der Waals surface area contributed by atoms with Crippen LogP contribution in [-0.4, -0.2) is 58.2 Å². The van der Waals surface area contributed by atoms with Gasteiger partial charge in [0, 0.05) is 38.1 Å². The average Bonchev–Trinajstić information content (AvgIpc) is 3.00. The van der Waals surface area contributed by atoms with Gasteiger partial charge in [-0.25, -0.2) is 0 Å². The molecule has 0 saturated carbocycles. The summed E-state index contributed by atoms with van der Waals surface area (Å²) in [5.41, 5.74) is 1.28. The third kappa shape index (κ3) is 2.55. The van der Waals surface area contributed by atoms with Crippen LogP contribution in [0.3, 0.4) is 0 Å². The van der Waals surface area contributed by atoms with Gasteiger partial charge in [0.25, 0.3) is 0 Å². The van der Waals surface area contributed by atoms with Crippen molar-refractivity contribution in [1.82, 2.24) is 14.8 Å². The summed E-state index contributed by atoms with van der Waals surface area (Å²) in [5.74, 6) is 0. The molecule has 1 aromatic rings. The molecule has 3 heterocycles. The van der Waals surface area contributed by atoms with Crippen LogP contribution in [0.2, 0.25) is 0 Å². The van der Waals surface area contributed by atoms with Crippen molar-refractivity contribution in [1.29, 1.82) is 0 Å². The smallest absolute Gasteiger partial charge is 0.0834 e. The summed E-state index contributed by atoms with van der Waals surface area (Å²) in [7, 11) is 0. The minimum absolute atomic E-state index is 0.190. The molecule has 1 N–H and O–H groups in total. The largest absolute Gasteiger partial charge is 0.390 e. The van der Waals surface area contributed by atoms with E-state index in [0.717, 1.165) is 32.7 Å². The first kappa shape index (κ1) is 12.1. The van der Waals surface area contributed by atoms with Crippen LogP contribution in [0.5, 0.6) is 0 Å². The van der Waals surface area contributed by atoms with Gasteiger partial charge in [-0.2, -0.15) is 0 Å². The van der Waals surface area contributed by atoms with Crippen molar-refractivity contribution in [2.75, 3.05) is 26.2 Å². The van der Waals surface area contributed by atoms with E-state index in [1.54, 1.807) is 0 Å². The Labute approximate surface area is 108 Å². The highest BCUT2D eigenvalue weighted by Gasteiger charge is 2.36. The summed E-state index contributed by atoms with van der Waals surface area (Å²) in [6, 6.07) is 4.44. The van der Waals surface area contributed by atoms with Crippen LogP contribution < -0.4 is 0 Å². The molecule has 0 spiro atoms. The molecule has 2 atom stereocenters. The number of aliphatic hydroxyl groups excluding tert-OH is 1. The first-order valence-corrected chi connectivity index (χ1v) is 6.86. The summed E-state index contributed by atoms with van der Waals surface area (Å²) < 4.78 is 0. The summed E-state index contributed by atoms with van der Waals surface area (Å²) in [6.45, 7) is 5.02. The highest BCUT2D eigenvalue weighted by atomic mass is 16.3. The van der Waals surface area contributed by atoms with Gasteiger partial charge in [0.15, 0.2) is 0 Å². The molecule has 1 aromatic heterocycles. The maximum atomic E-state index is 10.2. The highest BCUT2D eigenvalue weighted by Crippen LogP contribution is 2.22. The van der Waals surface area contributed by atoms with Crippen LogP contribution in [0.1, 0.15) is 18.4 Å². The fraction of sp³-hybridized carbons (Fsp3) is 0.643. The molecular formula is C14H21N3O. The molecule has 0 amide bonds. The van der Waals surface area contributed by atoms with Crippen molar-refractivity contribution in [3.8, 4) is 0 Å². The second-order valence-corrected chi connectivity index (χ2v) is 5.43. The molecule has 0 unspecified atom stereocenters. The van der Waals surface area contributed by atoms with Crippen molar-refractivity contribution < 1.29 is 5.11 Å². The number of aliphatic hydroxyl groups is 1. The molecule has 2 aliphatic rings. The Kier molecular flexibility index (Phi) is 3.59. The van der Waals surface area contributed by atoms with E-state index >= 15 is 0 Å². The van der Waals surface area contributed by atoms with Crippen molar-refractivity contribution in [3.63, 3.8) is 0 Å². The van der Waals surface area contributed by atoms with Crippen LogP contribution in [0.4, 0.5) is 0 Å². The Balaban J connectivity index is 1.59. The number of β-amino-alcohol motifs (C(OH)–C–C–N with tert-alkyl or cyclic N) is 1. The molecule has 18 heavy (non-hydrogen) atoms. The van der Waals surface area contributed by atoms with Crippen molar-refractivity contribution in [3.05, 3.63) is 30.1 Å². The van der Waals surface area contributed by atoms with Gasteiger partial charge >= 0.3 is 0 Å². The number of hydrogen-bond acceptors (Lipinski definition) is 4. The Morgan fingerprint density at radius 3 is 2.61 bits per heavy atom. The molecule has 0 aromatic carbocycles. The molecule has 2 aliphatic heterocycles. The van der Waals surface area contributed by atoms with E-state index in [4.69, 9.17) is 0 Å². The number of hydrogen-bond donors (Lipinski definition) is 1. The van der Waals surface area contributed by atoms with E-state index in [9.17, 15) is 5.11 Å². The average molecular weight is 247 g/mol. The van der Waals surface area contributed by atoms with Crippen LogP contribution in [0.25, 0.3) is 0 Å². The van der Waals surface area contributed by atoms with Gasteiger partial charge in [-0.05, 0) is 43.6 Å². The number of likely N-dealkylation sites (tertiary alicyclic amines) is 2. The van der Waals surface area contributed by atoms with Crippen molar-refractivity contribution in [2.24, 2.45) is 0 Å². The fourth-order valence-corrected chi connectivity index (χ4v) is 3.15. The van der Waals surface area contributed by atoms with E-state index in [1.807, 2.05) is 12.4 Å². The van der Waals surface area contributed by atoms with E-state index < -0.39 is 0 Å². The van der Waals surface area contributed by atoms with Crippen LogP contribution in [0.15, 0.2) is 24.5 Å². The zero-order valence-electron chi connectivity index (χ0n) is 10.7. The molecule has 4 nitrogen and oxygen atoms in total. The van der Waals surface area contributed by atoms with Gasteiger partial charge in [0.2, 0.25) is 0 Å². The second-order valence-electron chi connectivity index (χ2n) is 5.43. The summed E-state index contributed by atoms with van der Waals surface area (Å²) in [6.07, 6.45) is 6.05. The van der Waals surface area contributed by atoms with E-state index in [2.05, 4.69) is 26.9 Å². The highest BCUT2D eigenvalue weighted by molar-refractivity contribution is 5.10. The maximum absolute atomic E-state index is 10.2. The van der Waals surface area contributed by atoms with Gasteiger partial charge in [-0.15, -0.1) is 0 Å². The molecule has 2 saturated heterocycles. The first-order chi connectivity index (χ1) is 8.83. The minimum Gasteiger partial charge on any atom is -0.390 e. The molecule has 3 rings (SSSR count). The first-order valence-electron chi connectivity index (χ1n) is 6.86. The molecule has 0 aliphatic carbocycles. The normalized spacial score (nSPS) is 30.1. The zero-order valence-corrected chi connectivity index (χ0v) is 10.7. The third-order valence-corrected chi connectivity index (χ3v) is 4.10. The Morgan fingerprint density at radius 2 is 1.89 bits per heavy atom. The molecule has 98 valence electrons. The van der Waals surface area contributed by atoms with Crippen LogP contribution in [0, 0.1) is 0 Å². The Morgan fingerprint density at radius 1 is 1.17 bits per heavy atom. The number of nitrogens with zero attached hydrogens (tertiary/aromatic N) is 3. The summed E-state index contributed by atoms with van der Waals surface area (Å²) in [5, 5.41) is 10.2. The monoisotopic (exact) mass is 247 g/mol. The minimum atomic E-state index is -0.190. The van der Waals surface area contributed by atoms with Gasteiger partial charge < -0.3 is 5.11 Å². The fourth-order valence-electron chi connectivity index (χ4n) is 3.15. The quantitative estimate of drug-likeness (QED) is 0.854. The third-order valence-electron chi connectivity index (χ3n) is 4.10. The summed E-state index contributed by atoms with van der Waals surface area (Å²) >= 11 is 0. The summed E-state index contributed by atoms with van der Waals surface area (Å²) in [4.78, 5) is 8.84. The van der Waals surface area contributed by atoms with E-state index in [-0.39, 0.29) is 6.10 Å². The topological polar surface area (TPSA) is 39.6 Å². The zero-order chi connectivity index (χ0) is 12.4. The van der Waals surface area contributed by atoms with E-state index in [0.29, 0.717) is 6.04 Å². The predicted octanol–water partition coefficient (Wildman–Crippen LogP) is 0.722. The number of rotatable bonds is 3. The molecule has 2 fully saturated rings. The lowest BCUT2D eigenvalue weighted by atomic mass is 10.2. The van der Waals surface area contributed by atoms with Crippen molar-refractivity contribution in [2.45, 2.75) is 31.5 Å². The Bertz CT molecular complexity index is 378. The maximum Gasteiger partial charge on any atom is 0.0834 e. The Hall–Kier alpha value is -0.970. The van der Waals surface area contributed by atoms with Crippen LogP contribution in [-0.2, 0) is 6.54 Å². The molecule has 0 bridgehead atoms. The van der Waals surface area contributed by atoms with Crippen LogP contribution >= 0.6 is 0 Å². The van der Waals surface area contributed by atoms with Crippen molar-refractivity contribution >= 4 is 0 Å². The SMILES string of the molecule is O[C@H]1CN(Cc2ccncc2)C[C@@H]1N1CCCC1. The molecular weight excluding hydrogens is 226 g/mol. The van der Waals surface area contributed by atoms with Gasteiger partial charge in [0.1, 0.15) is 0 Å². The lowest BCUT2D eigenvalue weighted by Gasteiger charge is -2.25. The molecule has 4 heteroatoms. The lowest BCUT2D eigenvalue weighted by molar-refractivity contribution is 0.0978. The predicted molar refractivity (Wildman–Crippen MR) is 70.1 cm³/mol. The molecule has 0 radical (unpaired) electrons. The van der Waals surface area contributed by atoms with E-state index in [1.165, 1.54) is 18.4 Å². The van der Waals surface area contributed by atoms with Gasteiger partial charge in [-0.1, -0.05) is 0 Å². The van der Waals surface area contributed by atoms with Gasteiger partial charge in [-0.3, -0.25) is 14.8 Å². The standard InChI is InChI=1S/C14H21N3O/c18-14-11-16(9-12-3-5-15-6-4-12)10-13(14)17-7-1-2-8-17/h3-6,13-14,18H,1-2,7-11H2/t13-,14-/m0/s1.